The molecule has 0 aliphatic rings. The fraction of sp³-hybridized carbons (Fsp3) is 0.407. The Hall–Kier alpha value is -3.50. The maximum atomic E-state index is 12.1. The summed E-state index contributed by atoms with van der Waals surface area (Å²) in [6.45, 7) is 5.19. The summed E-state index contributed by atoms with van der Waals surface area (Å²) < 4.78 is 20.6. The molecular weight excluding hydrogens is 434 g/mol. The standard InChI is InChI=1S/C27H33NO6/c1-5-33-26(29)17-11-23(12-18-27(30)34-6-2)28(19-21-7-13-24(31-3)14-8-21)20-22-9-15-25(32-4)16-10-22/h7-10,13-16,23H,5-6,11,17,19-20H2,1-4H3/t23-/m0/s1. The summed E-state index contributed by atoms with van der Waals surface area (Å²) in [4.78, 5) is 26.1. The smallest absolute Gasteiger partial charge is 0.384 e. The topological polar surface area (TPSA) is 74.3 Å². The largest absolute Gasteiger partial charge is 0.497 e. The van der Waals surface area contributed by atoms with Gasteiger partial charge in [0.2, 0.25) is 0 Å². The number of ether oxygens (including phenoxy) is 4. The molecule has 0 unspecified atom stereocenters. The highest BCUT2D eigenvalue weighted by molar-refractivity contribution is 5.88. The van der Waals surface area contributed by atoms with Gasteiger partial charge >= 0.3 is 11.9 Å². The van der Waals surface area contributed by atoms with E-state index < -0.39 is 5.97 Å². The van der Waals surface area contributed by atoms with Gasteiger partial charge in [0, 0.05) is 25.4 Å². The molecule has 182 valence electrons. The van der Waals surface area contributed by atoms with Crippen LogP contribution in [0.4, 0.5) is 0 Å². The van der Waals surface area contributed by atoms with Crippen molar-refractivity contribution in [2.24, 2.45) is 0 Å². The molecule has 0 fully saturated rings. The van der Waals surface area contributed by atoms with Gasteiger partial charge in [0.1, 0.15) is 11.5 Å². The Labute approximate surface area is 201 Å². The highest BCUT2D eigenvalue weighted by Crippen LogP contribution is 2.20. The van der Waals surface area contributed by atoms with Crippen LogP contribution in [0.3, 0.4) is 0 Å². The zero-order valence-electron chi connectivity index (χ0n) is 20.3. The summed E-state index contributed by atoms with van der Waals surface area (Å²) in [5.41, 5.74) is 2.10. The number of benzene rings is 2. The highest BCUT2D eigenvalue weighted by atomic mass is 16.5. The third kappa shape index (κ3) is 9.16. The van der Waals surface area contributed by atoms with E-state index in [4.69, 9.17) is 18.9 Å². The molecule has 7 heteroatoms. The van der Waals surface area contributed by atoms with Crippen LogP contribution in [0.2, 0.25) is 0 Å². The van der Waals surface area contributed by atoms with Crippen LogP contribution in [-0.4, -0.2) is 50.3 Å². The molecule has 0 spiro atoms. The lowest BCUT2D eigenvalue weighted by Crippen LogP contribution is -2.34. The van der Waals surface area contributed by atoms with Gasteiger partial charge in [-0.2, -0.15) is 0 Å². The number of rotatable bonds is 12. The molecule has 1 atom stereocenters. The lowest BCUT2D eigenvalue weighted by Gasteiger charge is -2.28. The second kappa shape index (κ2) is 14.6. The molecule has 2 aromatic rings. The maximum absolute atomic E-state index is 12.1. The van der Waals surface area contributed by atoms with E-state index in [1.54, 1.807) is 28.1 Å². The predicted octanol–water partition coefficient (Wildman–Crippen LogP) is 3.98. The van der Waals surface area contributed by atoms with Gasteiger partial charge in [-0.1, -0.05) is 30.2 Å². The monoisotopic (exact) mass is 467 g/mol. The Bertz CT molecular complexity index is 910. The average Bonchev–Trinajstić information content (AvgIpc) is 2.85. The van der Waals surface area contributed by atoms with E-state index in [1.165, 1.54) is 0 Å². The molecule has 0 aliphatic heterocycles. The predicted molar refractivity (Wildman–Crippen MR) is 129 cm³/mol. The fourth-order valence-corrected chi connectivity index (χ4v) is 3.35. The first kappa shape index (κ1) is 26.7. The van der Waals surface area contributed by atoms with E-state index in [9.17, 15) is 9.59 Å². The zero-order chi connectivity index (χ0) is 24.8. The van der Waals surface area contributed by atoms with Crippen LogP contribution in [0.25, 0.3) is 0 Å². The van der Waals surface area contributed by atoms with E-state index in [2.05, 4.69) is 16.7 Å². The number of nitrogens with zero attached hydrogens (tertiary/aromatic N) is 1. The van der Waals surface area contributed by atoms with Gasteiger partial charge in [-0.15, -0.1) is 0 Å². The van der Waals surface area contributed by atoms with Gasteiger partial charge in [0.15, 0.2) is 0 Å². The van der Waals surface area contributed by atoms with Crippen LogP contribution in [0, 0.1) is 11.8 Å². The molecule has 2 aromatic carbocycles. The number of hydrogen-bond donors (Lipinski definition) is 0. The first-order valence-electron chi connectivity index (χ1n) is 11.3. The molecule has 34 heavy (non-hydrogen) atoms. The molecule has 0 saturated heterocycles. The molecule has 0 bridgehead atoms. The molecule has 2 rings (SSSR count). The molecule has 0 radical (unpaired) electrons. The Morgan fingerprint density at radius 2 is 1.32 bits per heavy atom. The number of carbonyl (C=O) groups is 2. The van der Waals surface area contributed by atoms with Crippen molar-refractivity contribution in [1.29, 1.82) is 0 Å². The number of carbonyl (C=O) groups excluding carboxylic acids is 2. The minimum Gasteiger partial charge on any atom is -0.497 e. The van der Waals surface area contributed by atoms with Gasteiger partial charge in [0.05, 0.1) is 33.5 Å². The maximum Gasteiger partial charge on any atom is 0.384 e. The third-order valence-electron chi connectivity index (χ3n) is 5.07. The number of methoxy groups -OCH3 is 2. The summed E-state index contributed by atoms with van der Waals surface area (Å²) in [6.07, 6.45) is 0.606. The number of esters is 2. The van der Waals surface area contributed by atoms with Crippen LogP contribution in [-0.2, 0) is 32.2 Å². The SMILES string of the molecule is CCOC(=O)C#C[C@H](CCC(=O)OCC)N(Cc1ccc(OC)cc1)Cc1ccc(OC)cc1. The first-order valence-corrected chi connectivity index (χ1v) is 11.3. The van der Waals surface area contributed by atoms with Crippen molar-refractivity contribution in [3.63, 3.8) is 0 Å². The lowest BCUT2D eigenvalue weighted by atomic mass is 10.1. The Balaban J connectivity index is 2.34. The van der Waals surface area contributed by atoms with Crippen molar-refractivity contribution in [2.45, 2.75) is 45.8 Å². The Morgan fingerprint density at radius 3 is 1.76 bits per heavy atom. The molecule has 0 N–H and O–H groups in total. The molecule has 0 aliphatic carbocycles. The minimum atomic E-state index is -0.586. The van der Waals surface area contributed by atoms with E-state index in [0.29, 0.717) is 26.1 Å². The quantitative estimate of drug-likeness (QED) is 0.266. The summed E-state index contributed by atoms with van der Waals surface area (Å²) >= 11 is 0. The van der Waals surface area contributed by atoms with E-state index in [1.807, 2.05) is 48.5 Å². The fourth-order valence-electron chi connectivity index (χ4n) is 3.35. The van der Waals surface area contributed by atoms with E-state index >= 15 is 0 Å². The van der Waals surface area contributed by atoms with E-state index in [0.717, 1.165) is 22.6 Å². The van der Waals surface area contributed by atoms with Crippen LogP contribution in [0.5, 0.6) is 11.5 Å². The van der Waals surface area contributed by atoms with Crippen molar-refractivity contribution in [1.82, 2.24) is 4.90 Å². The molecule has 7 nitrogen and oxygen atoms in total. The second-order valence-corrected chi connectivity index (χ2v) is 7.45. The van der Waals surface area contributed by atoms with Crippen molar-refractivity contribution < 1.29 is 28.5 Å². The third-order valence-corrected chi connectivity index (χ3v) is 5.07. The highest BCUT2D eigenvalue weighted by Gasteiger charge is 2.20. The Morgan fingerprint density at radius 1 is 0.824 bits per heavy atom. The van der Waals surface area contributed by atoms with Crippen LogP contribution in [0.1, 0.15) is 37.8 Å². The normalized spacial score (nSPS) is 11.2. The summed E-state index contributed by atoms with van der Waals surface area (Å²) in [6, 6.07) is 15.2. The van der Waals surface area contributed by atoms with Gasteiger partial charge in [0.25, 0.3) is 0 Å². The Kier molecular flexibility index (Phi) is 11.5. The van der Waals surface area contributed by atoms with Gasteiger partial charge in [-0.3, -0.25) is 9.69 Å². The van der Waals surface area contributed by atoms with E-state index in [-0.39, 0.29) is 25.0 Å². The molecular formula is C27H33NO6. The van der Waals surface area contributed by atoms with Crippen molar-refractivity contribution in [3.05, 3.63) is 59.7 Å². The van der Waals surface area contributed by atoms with Crippen molar-refractivity contribution >= 4 is 11.9 Å². The second-order valence-electron chi connectivity index (χ2n) is 7.45. The summed E-state index contributed by atoms with van der Waals surface area (Å²) in [5, 5.41) is 0. The molecule has 0 amide bonds. The van der Waals surface area contributed by atoms with Crippen molar-refractivity contribution in [2.75, 3.05) is 27.4 Å². The van der Waals surface area contributed by atoms with Crippen LogP contribution >= 0.6 is 0 Å². The summed E-state index contributed by atoms with van der Waals surface area (Å²) in [5.74, 6) is 6.28. The lowest BCUT2D eigenvalue weighted by molar-refractivity contribution is -0.143. The minimum absolute atomic E-state index is 0.192. The first-order chi connectivity index (χ1) is 16.5. The molecule has 0 aromatic heterocycles. The molecule has 0 saturated carbocycles. The number of hydrogen-bond acceptors (Lipinski definition) is 7. The van der Waals surface area contributed by atoms with Gasteiger partial charge in [-0.05, 0) is 55.7 Å². The van der Waals surface area contributed by atoms with Crippen LogP contribution < -0.4 is 9.47 Å². The van der Waals surface area contributed by atoms with Gasteiger partial charge in [-0.25, -0.2) is 4.79 Å². The zero-order valence-corrected chi connectivity index (χ0v) is 20.3. The summed E-state index contributed by atoms with van der Waals surface area (Å²) in [7, 11) is 3.25. The average molecular weight is 468 g/mol. The molecule has 0 heterocycles. The van der Waals surface area contributed by atoms with Crippen LogP contribution in [0.15, 0.2) is 48.5 Å². The van der Waals surface area contributed by atoms with Crippen molar-refractivity contribution in [3.8, 4) is 23.3 Å². The van der Waals surface area contributed by atoms with Gasteiger partial charge < -0.3 is 18.9 Å².